The first-order valence-electron chi connectivity index (χ1n) is 10.2. The zero-order valence-electron chi connectivity index (χ0n) is 17.0. The van der Waals surface area contributed by atoms with E-state index in [9.17, 15) is 14.7 Å². The van der Waals surface area contributed by atoms with Crippen molar-refractivity contribution >= 4 is 34.5 Å². The second-order valence-electron chi connectivity index (χ2n) is 7.37. The first-order valence-corrected chi connectivity index (χ1v) is 11.0. The lowest BCUT2D eigenvalue weighted by atomic mass is 9.98. The molecule has 7 nitrogen and oxygen atoms in total. The molecule has 1 aliphatic carbocycles. The minimum Gasteiger partial charge on any atom is -0.477 e. The topological polar surface area (TPSA) is 88.3 Å². The number of carbonyl (C=O) groups excluding carboxylic acids is 1. The third-order valence-electron chi connectivity index (χ3n) is 5.30. The lowest BCUT2D eigenvalue weighted by Crippen LogP contribution is -2.32. The number of amides is 1. The quantitative estimate of drug-likeness (QED) is 0.635. The molecule has 0 bridgehead atoms. The number of hydrogen-bond acceptors (Lipinski definition) is 5. The molecule has 1 N–H and O–H groups in total. The van der Waals surface area contributed by atoms with Crippen molar-refractivity contribution in [2.75, 3.05) is 11.4 Å². The van der Waals surface area contributed by atoms with Crippen molar-refractivity contribution in [1.82, 2.24) is 14.8 Å². The Labute approximate surface area is 175 Å². The zero-order chi connectivity index (χ0) is 20.8. The van der Waals surface area contributed by atoms with E-state index in [0.717, 1.165) is 37.0 Å². The number of anilines is 1. The summed E-state index contributed by atoms with van der Waals surface area (Å²) >= 11 is 1.28. The molecule has 0 radical (unpaired) electrons. The van der Waals surface area contributed by atoms with Gasteiger partial charge in [-0.1, -0.05) is 13.0 Å². The fourth-order valence-electron chi connectivity index (χ4n) is 3.65. The summed E-state index contributed by atoms with van der Waals surface area (Å²) in [5, 5.41) is 13.9. The van der Waals surface area contributed by atoms with E-state index in [4.69, 9.17) is 0 Å². The molecule has 0 saturated carbocycles. The molecule has 0 aliphatic heterocycles. The van der Waals surface area contributed by atoms with Gasteiger partial charge in [-0.25, -0.2) is 9.78 Å². The van der Waals surface area contributed by atoms with Crippen molar-refractivity contribution in [3.63, 3.8) is 0 Å². The van der Waals surface area contributed by atoms with Crippen LogP contribution in [-0.4, -0.2) is 38.3 Å². The van der Waals surface area contributed by atoms with Crippen LogP contribution in [-0.2, 0) is 4.79 Å². The van der Waals surface area contributed by atoms with Crippen LogP contribution in [0.25, 0.3) is 5.57 Å². The van der Waals surface area contributed by atoms with Crippen LogP contribution in [0.2, 0.25) is 0 Å². The molecule has 8 heteroatoms. The van der Waals surface area contributed by atoms with Crippen LogP contribution in [0.3, 0.4) is 0 Å². The van der Waals surface area contributed by atoms with E-state index in [1.54, 1.807) is 15.9 Å². The van der Waals surface area contributed by atoms with Crippen LogP contribution in [0.5, 0.6) is 0 Å². The second kappa shape index (κ2) is 9.82. The highest BCUT2D eigenvalue weighted by molar-refractivity contribution is 7.15. The highest BCUT2D eigenvalue weighted by Crippen LogP contribution is 2.38. The summed E-state index contributed by atoms with van der Waals surface area (Å²) in [7, 11) is 0. The Morgan fingerprint density at radius 1 is 1.38 bits per heavy atom. The summed E-state index contributed by atoms with van der Waals surface area (Å²) in [5.41, 5.74) is 1.74. The summed E-state index contributed by atoms with van der Waals surface area (Å²) in [4.78, 5) is 31.4. The van der Waals surface area contributed by atoms with Crippen molar-refractivity contribution in [2.45, 2.75) is 64.8 Å². The second-order valence-corrected chi connectivity index (χ2v) is 8.42. The molecule has 2 heterocycles. The summed E-state index contributed by atoms with van der Waals surface area (Å²) in [6.07, 6.45) is 11.6. The number of rotatable bonds is 9. The maximum Gasteiger partial charge on any atom is 0.348 e. The molecule has 0 spiro atoms. The lowest BCUT2D eigenvalue weighted by Gasteiger charge is -2.23. The van der Waals surface area contributed by atoms with Crippen molar-refractivity contribution in [1.29, 1.82) is 0 Å². The smallest absolute Gasteiger partial charge is 0.348 e. The van der Waals surface area contributed by atoms with Gasteiger partial charge in [0.05, 0.1) is 11.7 Å². The number of aromatic nitrogens is 3. The number of nitrogens with zero attached hydrogens (tertiary/aromatic N) is 4. The summed E-state index contributed by atoms with van der Waals surface area (Å²) < 4.78 is 1.80. The van der Waals surface area contributed by atoms with E-state index in [-0.39, 0.29) is 16.8 Å². The Morgan fingerprint density at radius 3 is 2.83 bits per heavy atom. The highest BCUT2D eigenvalue weighted by Gasteiger charge is 2.25. The van der Waals surface area contributed by atoms with E-state index < -0.39 is 5.97 Å². The number of hydrogen-bond donors (Lipinski definition) is 1. The number of aromatic carboxylic acids is 1. The summed E-state index contributed by atoms with van der Waals surface area (Å²) in [5.74, 6) is -1.03. The van der Waals surface area contributed by atoms with Gasteiger partial charge in [-0.3, -0.25) is 9.48 Å². The highest BCUT2D eigenvalue weighted by atomic mass is 32.1. The maximum absolute atomic E-state index is 12.7. The van der Waals surface area contributed by atoms with Crippen LogP contribution >= 0.6 is 11.3 Å². The monoisotopic (exact) mass is 416 g/mol. The van der Waals surface area contributed by atoms with Gasteiger partial charge in [0.15, 0.2) is 0 Å². The molecule has 1 unspecified atom stereocenters. The van der Waals surface area contributed by atoms with Gasteiger partial charge in [0.25, 0.3) is 0 Å². The van der Waals surface area contributed by atoms with E-state index >= 15 is 0 Å². The van der Waals surface area contributed by atoms with Crippen molar-refractivity contribution in [2.24, 2.45) is 0 Å². The van der Waals surface area contributed by atoms with E-state index in [1.807, 2.05) is 13.0 Å². The first-order chi connectivity index (χ1) is 14.0. The van der Waals surface area contributed by atoms with Gasteiger partial charge in [-0.05, 0) is 57.1 Å². The molecule has 0 fully saturated rings. The number of carbonyl (C=O) groups is 2. The molecule has 2 aromatic heterocycles. The summed E-state index contributed by atoms with van der Waals surface area (Å²) in [6, 6.07) is 2.07. The molecular formula is C21H28N4O3S. The minimum absolute atomic E-state index is 0.0529. The lowest BCUT2D eigenvalue weighted by molar-refractivity contribution is -0.118. The molecule has 3 rings (SSSR count). The van der Waals surface area contributed by atoms with E-state index in [0.29, 0.717) is 18.7 Å². The Kier molecular flexibility index (Phi) is 7.19. The van der Waals surface area contributed by atoms with Crippen LogP contribution in [0, 0.1) is 0 Å². The van der Waals surface area contributed by atoms with Gasteiger partial charge in [0, 0.05) is 17.8 Å². The van der Waals surface area contributed by atoms with Gasteiger partial charge in [-0.2, -0.15) is 5.10 Å². The van der Waals surface area contributed by atoms with Gasteiger partial charge >= 0.3 is 5.97 Å². The largest absolute Gasteiger partial charge is 0.477 e. The predicted molar refractivity (Wildman–Crippen MR) is 114 cm³/mol. The Morgan fingerprint density at radius 2 is 2.21 bits per heavy atom. The average molecular weight is 417 g/mol. The fraction of sp³-hybridized carbons (Fsp3) is 0.524. The zero-order valence-corrected chi connectivity index (χ0v) is 17.8. The van der Waals surface area contributed by atoms with Crippen LogP contribution < -0.4 is 4.90 Å². The van der Waals surface area contributed by atoms with Gasteiger partial charge in [0.2, 0.25) is 5.91 Å². The fourth-order valence-corrected chi connectivity index (χ4v) is 4.72. The molecule has 29 heavy (non-hydrogen) atoms. The van der Waals surface area contributed by atoms with E-state index in [2.05, 4.69) is 23.1 Å². The maximum atomic E-state index is 12.7. The third kappa shape index (κ3) is 5.12. The number of carboxylic acids is 1. The number of thiophene rings is 1. The first kappa shape index (κ1) is 21.2. The predicted octanol–water partition coefficient (Wildman–Crippen LogP) is 4.78. The molecule has 2 aromatic rings. The van der Waals surface area contributed by atoms with Crippen LogP contribution in [0.1, 0.15) is 79.4 Å². The molecule has 1 amide bonds. The third-order valence-corrected chi connectivity index (χ3v) is 6.49. The Bertz CT molecular complexity index is 873. The minimum atomic E-state index is -0.974. The molecule has 156 valence electrons. The van der Waals surface area contributed by atoms with Crippen molar-refractivity contribution in [3.05, 3.63) is 34.6 Å². The van der Waals surface area contributed by atoms with Crippen LogP contribution in [0.4, 0.5) is 5.69 Å². The number of carboxylic acid groups (broad SMARTS) is 1. The molecule has 1 aliphatic rings. The normalized spacial score (nSPS) is 15.0. The molecule has 1 atom stereocenters. The van der Waals surface area contributed by atoms with Crippen molar-refractivity contribution < 1.29 is 14.7 Å². The van der Waals surface area contributed by atoms with Crippen LogP contribution in [0.15, 0.2) is 24.8 Å². The van der Waals surface area contributed by atoms with E-state index in [1.165, 1.54) is 29.7 Å². The Hall–Kier alpha value is -2.48. The molecular weight excluding hydrogens is 388 g/mol. The average Bonchev–Trinajstić information content (AvgIpc) is 3.41. The van der Waals surface area contributed by atoms with Gasteiger partial charge in [-0.15, -0.1) is 11.3 Å². The standard InChI is InChI=1S/C21H28N4O3S/c1-3-19(26)24(11-7-8-15(2)25-14-22-13-23-25)17-12-18(29-20(17)21(27)28)16-9-5-4-6-10-16/h9,12-15H,3-8,10-11H2,1-2H3,(H,27,28). The molecule has 0 saturated heterocycles. The van der Waals surface area contributed by atoms with Gasteiger partial charge < -0.3 is 10.0 Å². The Balaban J connectivity index is 1.80. The van der Waals surface area contributed by atoms with Crippen molar-refractivity contribution in [3.8, 4) is 0 Å². The summed E-state index contributed by atoms with van der Waals surface area (Å²) in [6.45, 7) is 4.35. The SMILES string of the molecule is CCC(=O)N(CCCC(C)n1cncn1)c1cc(C2=CCCCC2)sc1C(=O)O. The molecule has 0 aromatic carbocycles. The van der Waals surface area contributed by atoms with Gasteiger partial charge in [0.1, 0.15) is 17.5 Å². The number of allylic oxidation sites excluding steroid dienone is 2.